The molecule has 1 heterocycles. The van der Waals surface area contributed by atoms with Crippen LogP contribution in [0.4, 0.5) is 21.6 Å². The van der Waals surface area contributed by atoms with Crippen LogP contribution >= 0.6 is 11.6 Å². The number of halogens is 2. The molecule has 3 aromatic rings. The first-order valence-corrected chi connectivity index (χ1v) is 6.23. The Hall–Kier alpha value is -2.40. The highest BCUT2D eigenvalue weighted by molar-refractivity contribution is 6.30. The van der Waals surface area contributed by atoms with E-state index in [-0.39, 0.29) is 5.69 Å². The minimum absolute atomic E-state index is 0.289. The summed E-state index contributed by atoms with van der Waals surface area (Å²) in [6, 6.07) is 9.67. The Bertz CT molecular complexity index is 791. The number of rotatable bonds is 2. The molecule has 0 aliphatic rings. The van der Waals surface area contributed by atoms with Gasteiger partial charge in [-0.25, -0.2) is 14.4 Å². The molecule has 0 atom stereocenters. The van der Waals surface area contributed by atoms with Crippen LogP contribution in [0.1, 0.15) is 0 Å². The molecular formula is C14H10ClFN4. The summed E-state index contributed by atoms with van der Waals surface area (Å²) in [7, 11) is 0. The van der Waals surface area contributed by atoms with Crippen LogP contribution in [0.25, 0.3) is 10.9 Å². The van der Waals surface area contributed by atoms with E-state index in [1.165, 1.54) is 12.4 Å². The van der Waals surface area contributed by atoms with Gasteiger partial charge in [0, 0.05) is 16.1 Å². The molecule has 2 aromatic carbocycles. The van der Waals surface area contributed by atoms with E-state index in [1.807, 2.05) is 0 Å². The third-order valence-electron chi connectivity index (χ3n) is 2.84. The van der Waals surface area contributed by atoms with Crippen LogP contribution in [-0.4, -0.2) is 9.97 Å². The van der Waals surface area contributed by atoms with E-state index in [4.69, 9.17) is 17.3 Å². The molecule has 0 saturated carbocycles. The third kappa shape index (κ3) is 2.35. The van der Waals surface area contributed by atoms with Crippen molar-refractivity contribution >= 4 is 39.7 Å². The molecule has 100 valence electrons. The lowest BCUT2D eigenvalue weighted by Crippen LogP contribution is -1.98. The van der Waals surface area contributed by atoms with Crippen LogP contribution < -0.4 is 11.1 Å². The Morgan fingerprint density at radius 2 is 1.95 bits per heavy atom. The summed E-state index contributed by atoms with van der Waals surface area (Å²) in [5.41, 5.74) is 7.37. The molecule has 0 bridgehead atoms. The number of aromatic nitrogens is 2. The maximum atomic E-state index is 13.8. The Morgan fingerprint density at radius 1 is 1.10 bits per heavy atom. The van der Waals surface area contributed by atoms with Gasteiger partial charge in [0.05, 0.1) is 11.2 Å². The zero-order chi connectivity index (χ0) is 14.1. The van der Waals surface area contributed by atoms with E-state index >= 15 is 0 Å². The van der Waals surface area contributed by atoms with Gasteiger partial charge < -0.3 is 11.1 Å². The summed E-state index contributed by atoms with van der Waals surface area (Å²) in [6.07, 6.45) is 1.41. The van der Waals surface area contributed by atoms with Crippen LogP contribution in [0.15, 0.2) is 42.7 Å². The molecule has 3 N–H and O–H groups in total. The van der Waals surface area contributed by atoms with Crippen molar-refractivity contribution in [3.05, 3.63) is 53.6 Å². The average Bonchev–Trinajstić information content (AvgIpc) is 2.42. The van der Waals surface area contributed by atoms with E-state index in [0.717, 1.165) is 10.9 Å². The normalized spacial score (nSPS) is 10.7. The van der Waals surface area contributed by atoms with Crippen LogP contribution in [0.2, 0.25) is 5.02 Å². The first-order valence-electron chi connectivity index (χ1n) is 5.86. The van der Waals surface area contributed by atoms with Crippen molar-refractivity contribution in [2.24, 2.45) is 0 Å². The maximum absolute atomic E-state index is 13.8. The van der Waals surface area contributed by atoms with E-state index in [1.54, 1.807) is 30.3 Å². The predicted octanol–water partition coefficient (Wildman–Crippen LogP) is 3.75. The summed E-state index contributed by atoms with van der Waals surface area (Å²) in [6.45, 7) is 0. The molecule has 0 aliphatic carbocycles. The number of benzene rings is 2. The maximum Gasteiger partial charge on any atom is 0.148 e. The zero-order valence-corrected chi connectivity index (χ0v) is 11.0. The van der Waals surface area contributed by atoms with Gasteiger partial charge in [-0.3, -0.25) is 0 Å². The van der Waals surface area contributed by atoms with Gasteiger partial charge in [0.2, 0.25) is 0 Å². The van der Waals surface area contributed by atoms with Gasteiger partial charge in [0.25, 0.3) is 0 Å². The highest BCUT2D eigenvalue weighted by Crippen LogP contribution is 2.27. The van der Waals surface area contributed by atoms with Crippen molar-refractivity contribution in [3.63, 3.8) is 0 Å². The molecule has 3 rings (SSSR count). The summed E-state index contributed by atoms with van der Waals surface area (Å²) in [5.74, 6) is 0.0386. The summed E-state index contributed by atoms with van der Waals surface area (Å²) in [5, 5.41) is 3.99. The molecule has 0 spiro atoms. The van der Waals surface area contributed by atoms with Gasteiger partial charge in [0.15, 0.2) is 0 Å². The van der Waals surface area contributed by atoms with Crippen molar-refractivity contribution in [2.45, 2.75) is 0 Å². The molecule has 0 radical (unpaired) electrons. The largest absolute Gasteiger partial charge is 0.399 e. The molecule has 20 heavy (non-hydrogen) atoms. The molecular weight excluding hydrogens is 279 g/mol. The second kappa shape index (κ2) is 4.94. The van der Waals surface area contributed by atoms with Crippen molar-refractivity contribution < 1.29 is 4.39 Å². The smallest absolute Gasteiger partial charge is 0.148 e. The third-order valence-corrected chi connectivity index (χ3v) is 3.08. The van der Waals surface area contributed by atoms with Gasteiger partial charge in [-0.1, -0.05) is 11.6 Å². The predicted molar refractivity (Wildman–Crippen MR) is 78.6 cm³/mol. The number of anilines is 3. The molecule has 0 saturated heterocycles. The fraction of sp³-hybridized carbons (Fsp3) is 0. The van der Waals surface area contributed by atoms with Crippen LogP contribution in [0.5, 0.6) is 0 Å². The Morgan fingerprint density at radius 3 is 2.75 bits per heavy atom. The molecule has 1 aromatic heterocycles. The fourth-order valence-electron chi connectivity index (χ4n) is 1.89. The van der Waals surface area contributed by atoms with Gasteiger partial charge >= 0.3 is 0 Å². The van der Waals surface area contributed by atoms with Crippen LogP contribution in [0, 0.1) is 5.82 Å². The first kappa shape index (κ1) is 12.6. The number of nitrogens with two attached hydrogens (primary N) is 1. The lowest BCUT2D eigenvalue weighted by molar-refractivity contribution is 0.632. The van der Waals surface area contributed by atoms with Crippen LogP contribution in [-0.2, 0) is 0 Å². The van der Waals surface area contributed by atoms with E-state index in [9.17, 15) is 4.39 Å². The highest BCUT2D eigenvalue weighted by atomic mass is 35.5. The monoisotopic (exact) mass is 288 g/mol. The van der Waals surface area contributed by atoms with Crippen molar-refractivity contribution in [1.29, 1.82) is 0 Å². The first-order chi connectivity index (χ1) is 9.63. The van der Waals surface area contributed by atoms with E-state index in [0.29, 0.717) is 16.5 Å². The zero-order valence-electron chi connectivity index (χ0n) is 10.3. The molecule has 4 nitrogen and oxygen atoms in total. The van der Waals surface area contributed by atoms with Gasteiger partial charge in [0.1, 0.15) is 18.0 Å². The summed E-state index contributed by atoms with van der Waals surface area (Å²) >= 11 is 5.73. The second-order valence-electron chi connectivity index (χ2n) is 4.25. The van der Waals surface area contributed by atoms with Crippen LogP contribution in [0.3, 0.4) is 0 Å². The van der Waals surface area contributed by atoms with E-state index < -0.39 is 5.82 Å². The molecule has 0 aliphatic heterocycles. The lowest BCUT2D eigenvalue weighted by atomic mass is 10.2. The Balaban J connectivity index is 2.08. The molecule has 0 fully saturated rings. The summed E-state index contributed by atoms with van der Waals surface area (Å²) in [4.78, 5) is 8.27. The number of hydrogen-bond donors (Lipinski definition) is 2. The lowest BCUT2D eigenvalue weighted by Gasteiger charge is -2.09. The minimum atomic E-state index is -0.451. The SMILES string of the molecule is Nc1ccc2ncnc(Nc3ccc(Cl)cc3F)c2c1. The quantitative estimate of drug-likeness (QED) is 0.705. The second-order valence-corrected chi connectivity index (χ2v) is 4.68. The molecule has 0 unspecified atom stereocenters. The highest BCUT2D eigenvalue weighted by Gasteiger charge is 2.08. The van der Waals surface area contributed by atoms with Crippen molar-refractivity contribution in [2.75, 3.05) is 11.1 Å². The van der Waals surface area contributed by atoms with Gasteiger partial charge in [-0.2, -0.15) is 0 Å². The standard InChI is InChI=1S/C14H10ClFN4/c15-8-1-3-13(11(16)5-8)20-14-10-6-9(17)2-4-12(10)18-7-19-14/h1-7H,17H2,(H,18,19,20). The minimum Gasteiger partial charge on any atom is -0.399 e. The molecule has 6 heteroatoms. The van der Waals surface area contributed by atoms with Gasteiger partial charge in [-0.15, -0.1) is 0 Å². The van der Waals surface area contributed by atoms with Crippen molar-refractivity contribution in [3.8, 4) is 0 Å². The summed E-state index contributed by atoms with van der Waals surface area (Å²) < 4.78 is 13.8. The molecule has 0 amide bonds. The number of fused-ring (bicyclic) bond motifs is 1. The fourth-order valence-corrected chi connectivity index (χ4v) is 2.05. The topological polar surface area (TPSA) is 63.8 Å². The number of hydrogen-bond acceptors (Lipinski definition) is 4. The number of nitrogen functional groups attached to an aromatic ring is 1. The van der Waals surface area contributed by atoms with Crippen molar-refractivity contribution in [1.82, 2.24) is 9.97 Å². The average molecular weight is 289 g/mol. The Kier molecular flexibility index (Phi) is 3.12. The number of nitrogens with zero attached hydrogens (tertiary/aromatic N) is 2. The van der Waals surface area contributed by atoms with Gasteiger partial charge in [-0.05, 0) is 36.4 Å². The van der Waals surface area contributed by atoms with E-state index in [2.05, 4.69) is 15.3 Å². The number of nitrogens with one attached hydrogen (secondary N) is 1. The Labute approximate surface area is 119 Å².